The molecule has 2 nitrogen and oxygen atoms in total. The summed E-state index contributed by atoms with van der Waals surface area (Å²) in [5.74, 6) is 0.935. The normalized spacial score (nSPS) is 17.9. The SMILES string of the molecule is CCCCCCCCCN(CCCCCCCC)CCC1CCCNC1. The molecule has 0 spiro atoms. The summed E-state index contributed by atoms with van der Waals surface area (Å²) in [6, 6.07) is 0. The van der Waals surface area contributed by atoms with Crippen molar-refractivity contribution < 1.29 is 0 Å². The second-order valence-electron chi connectivity index (χ2n) is 8.73. The van der Waals surface area contributed by atoms with Crippen LogP contribution in [0.25, 0.3) is 0 Å². The van der Waals surface area contributed by atoms with Crippen molar-refractivity contribution in [2.45, 2.75) is 117 Å². The fraction of sp³-hybridized carbons (Fsp3) is 1.00. The topological polar surface area (TPSA) is 15.3 Å². The van der Waals surface area contributed by atoms with E-state index in [0.29, 0.717) is 0 Å². The van der Waals surface area contributed by atoms with Crippen LogP contribution >= 0.6 is 0 Å². The quantitative estimate of drug-likeness (QED) is 0.269. The first kappa shape index (κ1) is 24.0. The molecule has 1 saturated heterocycles. The number of nitrogens with zero attached hydrogens (tertiary/aromatic N) is 1. The van der Waals surface area contributed by atoms with Crippen LogP contribution in [0.2, 0.25) is 0 Å². The first-order valence-corrected chi connectivity index (χ1v) is 12.3. The van der Waals surface area contributed by atoms with Crippen molar-refractivity contribution in [2.24, 2.45) is 5.92 Å². The molecule has 0 bridgehead atoms. The number of hydrogen-bond acceptors (Lipinski definition) is 2. The Balaban J connectivity index is 2.14. The van der Waals surface area contributed by atoms with Crippen LogP contribution in [0.4, 0.5) is 0 Å². The maximum Gasteiger partial charge on any atom is -0.00156 e. The summed E-state index contributed by atoms with van der Waals surface area (Å²) in [5, 5.41) is 3.59. The molecule has 2 heteroatoms. The molecule has 0 aromatic carbocycles. The van der Waals surface area contributed by atoms with Gasteiger partial charge in [-0.25, -0.2) is 0 Å². The lowest BCUT2D eigenvalue weighted by molar-refractivity contribution is 0.228. The van der Waals surface area contributed by atoms with Gasteiger partial charge in [-0.2, -0.15) is 0 Å². The fourth-order valence-electron chi connectivity index (χ4n) is 4.28. The zero-order valence-corrected chi connectivity index (χ0v) is 18.4. The van der Waals surface area contributed by atoms with Crippen LogP contribution in [0.5, 0.6) is 0 Å². The second-order valence-corrected chi connectivity index (χ2v) is 8.73. The predicted molar refractivity (Wildman–Crippen MR) is 118 cm³/mol. The molecule has 0 radical (unpaired) electrons. The summed E-state index contributed by atoms with van der Waals surface area (Å²) >= 11 is 0. The minimum Gasteiger partial charge on any atom is -0.316 e. The minimum absolute atomic E-state index is 0.935. The van der Waals surface area contributed by atoms with Crippen molar-refractivity contribution in [3.63, 3.8) is 0 Å². The van der Waals surface area contributed by atoms with Gasteiger partial charge in [0.2, 0.25) is 0 Å². The van der Waals surface area contributed by atoms with Crippen molar-refractivity contribution in [2.75, 3.05) is 32.7 Å². The highest BCUT2D eigenvalue weighted by Gasteiger charge is 2.14. The van der Waals surface area contributed by atoms with E-state index < -0.39 is 0 Å². The van der Waals surface area contributed by atoms with Crippen LogP contribution in [0, 0.1) is 5.92 Å². The molecule has 0 saturated carbocycles. The summed E-state index contributed by atoms with van der Waals surface area (Å²) < 4.78 is 0. The van der Waals surface area contributed by atoms with E-state index in [1.165, 1.54) is 135 Å². The Hall–Kier alpha value is -0.0800. The summed E-state index contributed by atoms with van der Waals surface area (Å²) in [5.41, 5.74) is 0. The molecule has 1 fully saturated rings. The van der Waals surface area contributed by atoms with Crippen LogP contribution in [0.1, 0.15) is 117 Å². The van der Waals surface area contributed by atoms with E-state index in [0.717, 1.165) is 5.92 Å². The minimum atomic E-state index is 0.935. The van der Waals surface area contributed by atoms with Gasteiger partial charge < -0.3 is 10.2 Å². The zero-order chi connectivity index (χ0) is 18.7. The first-order valence-electron chi connectivity index (χ1n) is 12.3. The molecular weight excluding hydrogens is 316 g/mol. The monoisotopic (exact) mass is 366 g/mol. The van der Waals surface area contributed by atoms with Crippen LogP contribution in [0.3, 0.4) is 0 Å². The second kappa shape index (κ2) is 18.3. The third-order valence-corrected chi connectivity index (χ3v) is 6.16. The summed E-state index contributed by atoms with van der Waals surface area (Å²) in [7, 11) is 0. The smallest absolute Gasteiger partial charge is 0.00156 e. The van der Waals surface area contributed by atoms with Gasteiger partial charge in [-0.1, -0.05) is 84.5 Å². The van der Waals surface area contributed by atoms with Crippen LogP contribution in [-0.2, 0) is 0 Å². The molecule has 1 N–H and O–H groups in total. The van der Waals surface area contributed by atoms with Gasteiger partial charge in [0.25, 0.3) is 0 Å². The van der Waals surface area contributed by atoms with E-state index >= 15 is 0 Å². The fourth-order valence-corrected chi connectivity index (χ4v) is 4.28. The average molecular weight is 367 g/mol. The summed E-state index contributed by atoms with van der Waals surface area (Å²) in [6.45, 7) is 11.2. The average Bonchev–Trinajstić information content (AvgIpc) is 2.68. The maximum atomic E-state index is 3.59. The highest BCUT2D eigenvalue weighted by molar-refractivity contribution is 4.71. The standard InChI is InChI=1S/C24H50N2/c1-3-5-7-9-11-13-15-21-26(20-14-12-10-8-6-4-2)22-18-24-17-16-19-25-23-24/h24-25H,3-23H2,1-2H3. The number of hydrogen-bond donors (Lipinski definition) is 1. The Kier molecular flexibility index (Phi) is 16.9. The van der Waals surface area contributed by atoms with Gasteiger partial charge in [0.1, 0.15) is 0 Å². The van der Waals surface area contributed by atoms with Gasteiger partial charge in [0.05, 0.1) is 0 Å². The molecule has 156 valence electrons. The molecule has 0 aromatic rings. The molecule has 0 aromatic heterocycles. The van der Waals surface area contributed by atoms with Gasteiger partial charge in [0.15, 0.2) is 0 Å². The number of rotatable bonds is 18. The Morgan fingerprint density at radius 1 is 0.692 bits per heavy atom. The molecule has 0 amide bonds. The molecule has 0 aliphatic carbocycles. The predicted octanol–water partition coefficient (Wildman–Crippen LogP) is 6.79. The van der Waals surface area contributed by atoms with E-state index in [4.69, 9.17) is 0 Å². The Labute approximate surface area is 165 Å². The molecule has 1 rings (SSSR count). The van der Waals surface area contributed by atoms with Gasteiger partial charge in [0, 0.05) is 0 Å². The number of nitrogens with one attached hydrogen (secondary N) is 1. The Bertz CT molecular complexity index is 273. The maximum absolute atomic E-state index is 3.59. The van der Waals surface area contributed by atoms with E-state index in [2.05, 4.69) is 24.1 Å². The van der Waals surface area contributed by atoms with Crippen molar-refractivity contribution in [1.82, 2.24) is 10.2 Å². The highest BCUT2D eigenvalue weighted by atomic mass is 15.1. The van der Waals surface area contributed by atoms with Crippen molar-refractivity contribution in [3.05, 3.63) is 0 Å². The molecule has 1 atom stereocenters. The molecular formula is C24H50N2. The van der Waals surface area contributed by atoms with Gasteiger partial charge >= 0.3 is 0 Å². The van der Waals surface area contributed by atoms with Gasteiger partial charge in [-0.05, 0) is 70.7 Å². The van der Waals surface area contributed by atoms with E-state index in [9.17, 15) is 0 Å². The van der Waals surface area contributed by atoms with E-state index in [1.54, 1.807) is 0 Å². The molecule has 1 unspecified atom stereocenters. The van der Waals surface area contributed by atoms with Crippen LogP contribution in [0.15, 0.2) is 0 Å². The van der Waals surface area contributed by atoms with Crippen molar-refractivity contribution in [3.8, 4) is 0 Å². The zero-order valence-electron chi connectivity index (χ0n) is 18.4. The van der Waals surface area contributed by atoms with Crippen molar-refractivity contribution >= 4 is 0 Å². The molecule has 26 heavy (non-hydrogen) atoms. The first-order chi connectivity index (χ1) is 12.9. The molecule has 1 aliphatic heterocycles. The molecule has 1 aliphatic rings. The largest absolute Gasteiger partial charge is 0.316 e. The van der Waals surface area contributed by atoms with Gasteiger partial charge in [-0.15, -0.1) is 0 Å². The van der Waals surface area contributed by atoms with Crippen LogP contribution < -0.4 is 5.32 Å². The lowest BCUT2D eigenvalue weighted by Gasteiger charge is -2.27. The number of unbranched alkanes of at least 4 members (excludes halogenated alkanes) is 11. The van der Waals surface area contributed by atoms with E-state index in [-0.39, 0.29) is 0 Å². The highest BCUT2D eigenvalue weighted by Crippen LogP contribution is 2.16. The summed E-state index contributed by atoms with van der Waals surface area (Å²) in [4.78, 5) is 2.81. The third kappa shape index (κ3) is 14.0. The van der Waals surface area contributed by atoms with E-state index in [1.807, 2.05) is 0 Å². The van der Waals surface area contributed by atoms with Crippen LogP contribution in [-0.4, -0.2) is 37.6 Å². The van der Waals surface area contributed by atoms with Gasteiger partial charge in [-0.3, -0.25) is 0 Å². The third-order valence-electron chi connectivity index (χ3n) is 6.16. The molecule has 1 heterocycles. The lowest BCUT2D eigenvalue weighted by atomic mass is 9.96. The Morgan fingerprint density at radius 3 is 1.73 bits per heavy atom. The number of piperidine rings is 1. The lowest BCUT2D eigenvalue weighted by Crippen LogP contribution is -2.34. The Morgan fingerprint density at radius 2 is 1.23 bits per heavy atom. The van der Waals surface area contributed by atoms with Crippen molar-refractivity contribution in [1.29, 1.82) is 0 Å². The summed E-state index contributed by atoms with van der Waals surface area (Å²) in [6.07, 6.45) is 22.8.